The second-order valence-electron chi connectivity index (χ2n) is 4.81. The minimum absolute atomic E-state index is 0.0830. The number of fused-ring (bicyclic) bond motifs is 1. The van der Waals surface area contributed by atoms with E-state index >= 15 is 0 Å². The number of carboxylic acid groups (broad SMARTS) is 1. The van der Waals surface area contributed by atoms with Crippen molar-refractivity contribution in [1.82, 2.24) is 5.16 Å². The minimum atomic E-state index is -1.17. The number of nitrogens with zero attached hydrogens (tertiary/aromatic N) is 1. The molecule has 0 atom stereocenters. The molecule has 1 aliphatic carbocycles. The molecule has 3 rings (SSSR count). The average Bonchev–Trinajstić information content (AvgIpc) is 2.90. The van der Waals surface area contributed by atoms with Gasteiger partial charge < -0.3 is 14.7 Å². The molecular weight excluding hydrogens is 282 g/mol. The molecule has 0 saturated heterocycles. The molecule has 0 saturated carbocycles. The lowest BCUT2D eigenvalue weighted by Crippen LogP contribution is -2.05. The molecule has 20 heavy (non-hydrogen) atoms. The zero-order valence-electron chi connectivity index (χ0n) is 10.5. The van der Waals surface area contributed by atoms with Gasteiger partial charge in [0.2, 0.25) is 0 Å². The van der Waals surface area contributed by atoms with Gasteiger partial charge in [-0.2, -0.15) is 0 Å². The number of aromatic hydroxyl groups is 1. The van der Waals surface area contributed by atoms with Crippen LogP contribution in [0.4, 0.5) is 0 Å². The molecule has 0 spiro atoms. The molecule has 1 aromatic heterocycles. The van der Waals surface area contributed by atoms with Gasteiger partial charge in [0.15, 0.2) is 11.5 Å². The summed E-state index contributed by atoms with van der Waals surface area (Å²) in [4.78, 5) is 10.9. The second kappa shape index (κ2) is 4.83. The lowest BCUT2D eigenvalue weighted by atomic mass is 9.87. The van der Waals surface area contributed by atoms with Gasteiger partial charge in [-0.3, -0.25) is 0 Å². The highest BCUT2D eigenvalue weighted by molar-refractivity contribution is 6.32. The van der Waals surface area contributed by atoms with Crippen LogP contribution < -0.4 is 0 Å². The smallest absolute Gasteiger partial charge is 0.358 e. The lowest BCUT2D eigenvalue weighted by molar-refractivity contribution is 0.0686. The topological polar surface area (TPSA) is 83.6 Å². The molecule has 0 radical (unpaired) electrons. The molecule has 5 nitrogen and oxygen atoms in total. The van der Waals surface area contributed by atoms with Crippen molar-refractivity contribution in [3.63, 3.8) is 0 Å². The monoisotopic (exact) mass is 293 g/mol. The number of phenolic OH excluding ortho intramolecular Hbond substituents is 1. The number of hydrogen-bond acceptors (Lipinski definition) is 4. The third kappa shape index (κ3) is 2.04. The predicted molar refractivity (Wildman–Crippen MR) is 72.2 cm³/mol. The summed E-state index contributed by atoms with van der Waals surface area (Å²) in [5.41, 5.74) is 2.31. The number of aryl methyl sites for hydroxylation is 1. The Labute approximate surface area is 119 Å². The number of aromatic carboxylic acids is 1. The van der Waals surface area contributed by atoms with E-state index in [4.69, 9.17) is 21.2 Å². The number of rotatable bonds is 2. The normalized spacial score (nSPS) is 14.1. The number of carboxylic acids is 1. The molecule has 1 aliphatic rings. The molecule has 0 fully saturated rings. The van der Waals surface area contributed by atoms with Crippen molar-refractivity contribution in [3.8, 4) is 17.1 Å². The molecule has 2 N–H and O–H groups in total. The highest BCUT2D eigenvalue weighted by Gasteiger charge is 2.24. The zero-order chi connectivity index (χ0) is 14.3. The van der Waals surface area contributed by atoms with E-state index in [0.29, 0.717) is 5.56 Å². The van der Waals surface area contributed by atoms with Crippen molar-refractivity contribution >= 4 is 17.6 Å². The van der Waals surface area contributed by atoms with Crippen LogP contribution in [0.15, 0.2) is 16.7 Å². The van der Waals surface area contributed by atoms with Crippen LogP contribution in [0.3, 0.4) is 0 Å². The summed E-state index contributed by atoms with van der Waals surface area (Å²) >= 11 is 6.04. The van der Waals surface area contributed by atoms with Gasteiger partial charge in [-0.1, -0.05) is 16.8 Å². The number of carbonyl (C=O) groups is 1. The van der Waals surface area contributed by atoms with Crippen molar-refractivity contribution in [2.24, 2.45) is 0 Å². The summed E-state index contributed by atoms with van der Waals surface area (Å²) in [6.07, 6.45) is 3.78. The Hall–Kier alpha value is -2.01. The summed E-state index contributed by atoms with van der Waals surface area (Å²) in [5.74, 6) is -1.02. The molecule has 0 bridgehead atoms. The van der Waals surface area contributed by atoms with E-state index in [1.54, 1.807) is 6.07 Å². The predicted octanol–water partition coefficient (Wildman–Crippen LogP) is 3.28. The maximum atomic E-state index is 10.9. The van der Waals surface area contributed by atoms with E-state index in [2.05, 4.69) is 5.16 Å². The number of aromatic nitrogens is 1. The van der Waals surface area contributed by atoms with Crippen LogP contribution in [0, 0.1) is 0 Å². The summed E-state index contributed by atoms with van der Waals surface area (Å²) in [6, 6.07) is 3.08. The van der Waals surface area contributed by atoms with Crippen molar-refractivity contribution < 1.29 is 19.5 Å². The van der Waals surface area contributed by atoms with Gasteiger partial charge in [0.1, 0.15) is 5.75 Å². The van der Waals surface area contributed by atoms with Crippen LogP contribution in [0.25, 0.3) is 11.3 Å². The number of phenols is 1. The SMILES string of the molecule is O=C(O)c1cc(-c2c(O)c(Cl)cc3c2CCCC3)on1. The van der Waals surface area contributed by atoms with Crippen molar-refractivity contribution in [2.75, 3.05) is 0 Å². The third-order valence-electron chi connectivity index (χ3n) is 3.55. The van der Waals surface area contributed by atoms with Gasteiger partial charge in [-0.05, 0) is 42.9 Å². The fourth-order valence-electron chi connectivity index (χ4n) is 2.62. The standard InChI is InChI=1S/C14H12ClNO4/c15-9-5-7-3-1-2-4-8(7)12(13(9)17)11-6-10(14(18)19)16-20-11/h5-6,17H,1-4H2,(H,18,19). The number of halogens is 1. The molecule has 1 heterocycles. The van der Waals surface area contributed by atoms with E-state index in [9.17, 15) is 9.90 Å². The van der Waals surface area contributed by atoms with Gasteiger partial charge in [0, 0.05) is 6.07 Å². The Bertz CT molecular complexity index is 693. The van der Waals surface area contributed by atoms with Crippen LogP contribution in [-0.4, -0.2) is 21.3 Å². The Morgan fingerprint density at radius 2 is 2.05 bits per heavy atom. The lowest BCUT2D eigenvalue weighted by Gasteiger charge is -2.20. The Kier molecular flexibility index (Phi) is 3.14. The van der Waals surface area contributed by atoms with Crippen LogP contribution in [0.1, 0.15) is 34.5 Å². The minimum Gasteiger partial charge on any atom is -0.506 e. The fourth-order valence-corrected chi connectivity index (χ4v) is 2.84. The number of hydrogen-bond donors (Lipinski definition) is 2. The van der Waals surface area contributed by atoms with Crippen molar-refractivity contribution in [2.45, 2.75) is 25.7 Å². The first kappa shape index (κ1) is 13.0. The Balaban J connectivity index is 2.20. The van der Waals surface area contributed by atoms with Crippen molar-refractivity contribution in [1.29, 1.82) is 0 Å². The van der Waals surface area contributed by atoms with E-state index in [-0.39, 0.29) is 22.2 Å². The summed E-state index contributed by atoms with van der Waals surface area (Å²) in [5, 5.41) is 22.8. The maximum absolute atomic E-state index is 10.9. The fraction of sp³-hybridized carbons (Fsp3) is 0.286. The van der Waals surface area contributed by atoms with E-state index in [0.717, 1.165) is 36.8 Å². The maximum Gasteiger partial charge on any atom is 0.358 e. The summed E-state index contributed by atoms with van der Waals surface area (Å²) in [7, 11) is 0. The quantitative estimate of drug-likeness (QED) is 0.887. The molecule has 0 unspecified atom stereocenters. The first-order chi connectivity index (χ1) is 9.58. The summed E-state index contributed by atoms with van der Waals surface area (Å²) in [6.45, 7) is 0. The molecule has 6 heteroatoms. The first-order valence-electron chi connectivity index (χ1n) is 6.31. The van der Waals surface area contributed by atoms with Crippen LogP contribution in [0.2, 0.25) is 5.02 Å². The van der Waals surface area contributed by atoms with Crippen LogP contribution in [0.5, 0.6) is 5.75 Å². The van der Waals surface area contributed by atoms with Gasteiger partial charge in [0.05, 0.1) is 10.6 Å². The van der Waals surface area contributed by atoms with Gasteiger partial charge in [0.25, 0.3) is 0 Å². The summed E-state index contributed by atoms with van der Waals surface area (Å²) < 4.78 is 5.06. The third-order valence-corrected chi connectivity index (χ3v) is 3.84. The molecule has 104 valence electrons. The first-order valence-corrected chi connectivity index (χ1v) is 6.69. The molecule has 0 aliphatic heterocycles. The average molecular weight is 294 g/mol. The highest BCUT2D eigenvalue weighted by Crippen LogP contribution is 2.42. The van der Waals surface area contributed by atoms with E-state index in [1.807, 2.05) is 0 Å². The van der Waals surface area contributed by atoms with Gasteiger partial charge >= 0.3 is 5.97 Å². The molecule has 2 aromatic rings. The van der Waals surface area contributed by atoms with Crippen LogP contribution in [-0.2, 0) is 12.8 Å². The van der Waals surface area contributed by atoms with Crippen LogP contribution >= 0.6 is 11.6 Å². The highest BCUT2D eigenvalue weighted by atomic mass is 35.5. The number of benzene rings is 1. The Morgan fingerprint density at radius 1 is 1.30 bits per heavy atom. The van der Waals surface area contributed by atoms with E-state index < -0.39 is 5.97 Å². The second-order valence-corrected chi connectivity index (χ2v) is 5.22. The largest absolute Gasteiger partial charge is 0.506 e. The molecule has 1 aromatic carbocycles. The van der Waals surface area contributed by atoms with Gasteiger partial charge in [-0.25, -0.2) is 4.79 Å². The Morgan fingerprint density at radius 3 is 2.75 bits per heavy atom. The van der Waals surface area contributed by atoms with Gasteiger partial charge in [-0.15, -0.1) is 0 Å². The van der Waals surface area contributed by atoms with Crippen molar-refractivity contribution in [3.05, 3.63) is 34.0 Å². The van der Waals surface area contributed by atoms with E-state index in [1.165, 1.54) is 6.07 Å². The molecular formula is C14H12ClNO4. The molecule has 0 amide bonds. The zero-order valence-corrected chi connectivity index (χ0v) is 11.3.